The summed E-state index contributed by atoms with van der Waals surface area (Å²) >= 11 is 0. The molecule has 1 aliphatic carbocycles. The number of hydrogen-bond donors (Lipinski definition) is 2. The van der Waals surface area contributed by atoms with Gasteiger partial charge in [0.25, 0.3) is 0 Å². The molecular weight excluding hydrogens is 242 g/mol. The van der Waals surface area contributed by atoms with Crippen molar-refractivity contribution in [3.63, 3.8) is 0 Å². The first-order chi connectivity index (χ1) is 9.15. The lowest BCUT2D eigenvalue weighted by molar-refractivity contribution is -0.127. The van der Waals surface area contributed by atoms with Crippen LogP contribution in [0.2, 0.25) is 0 Å². The molecule has 0 saturated heterocycles. The fourth-order valence-electron chi connectivity index (χ4n) is 2.20. The third-order valence-electron chi connectivity index (χ3n) is 3.82. The third kappa shape index (κ3) is 2.89. The Morgan fingerprint density at radius 1 is 1.47 bits per heavy atom. The van der Waals surface area contributed by atoms with Crippen molar-refractivity contribution in [2.24, 2.45) is 5.41 Å². The molecule has 2 rings (SSSR count). The predicted molar refractivity (Wildman–Crippen MR) is 73.0 cm³/mol. The summed E-state index contributed by atoms with van der Waals surface area (Å²) in [4.78, 5) is 11.9. The number of aliphatic hydroxyl groups excluding tert-OH is 1. The van der Waals surface area contributed by atoms with E-state index < -0.39 is 5.41 Å². The average molecular weight is 263 g/mol. The molecule has 1 aliphatic rings. The molecular formula is C15H21NO3. The van der Waals surface area contributed by atoms with Crippen LogP contribution in [0.25, 0.3) is 0 Å². The third-order valence-corrected chi connectivity index (χ3v) is 3.82. The standard InChI is InChI=1S/C15H21NO3/c1-3-12-8-11(4-5-13(12)19-2)9-16-14(18)15(10-17)6-7-15/h4-5,8,17H,3,6-7,9-10H2,1-2H3,(H,16,18). The van der Waals surface area contributed by atoms with Gasteiger partial charge in [0, 0.05) is 6.54 Å². The fraction of sp³-hybridized carbons (Fsp3) is 0.533. The largest absolute Gasteiger partial charge is 0.496 e. The Hall–Kier alpha value is -1.55. The molecule has 19 heavy (non-hydrogen) atoms. The molecule has 0 unspecified atom stereocenters. The number of rotatable bonds is 6. The van der Waals surface area contributed by atoms with Gasteiger partial charge < -0.3 is 15.2 Å². The molecule has 0 radical (unpaired) electrons. The minimum absolute atomic E-state index is 0.0381. The minimum atomic E-state index is -0.500. The summed E-state index contributed by atoms with van der Waals surface area (Å²) in [5.74, 6) is 0.843. The highest BCUT2D eigenvalue weighted by atomic mass is 16.5. The van der Waals surface area contributed by atoms with Crippen LogP contribution in [0.5, 0.6) is 5.75 Å². The molecule has 0 heterocycles. The number of methoxy groups -OCH3 is 1. The smallest absolute Gasteiger partial charge is 0.228 e. The van der Waals surface area contributed by atoms with Crippen LogP contribution in [-0.4, -0.2) is 24.7 Å². The lowest BCUT2D eigenvalue weighted by atomic mass is 10.1. The highest BCUT2D eigenvalue weighted by molar-refractivity contribution is 5.85. The van der Waals surface area contributed by atoms with Crippen molar-refractivity contribution in [2.75, 3.05) is 13.7 Å². The quantitative estimate of drug-likeness (QED) is 0.820. The van der Waals surface area contributed by atoms with E-state index in [4.69, 9.17) is 4.74 Å². The van der Waals surface area contributed by atoms with Crippen LogP contribution in [0.1, 0.15) is 30.9 Å². The van der Waals surface area contributed by atoms with Gasteiger partial charge in [-0.3, -0.25) is 4.79 Å². The molecule has 2 N–H and O–H groups in total. The molecule has 0 aliphatic heterocycles. The van der Waals surface area contributed by atoms with Crippen LogP contribution >= 0.6 is 0 Å². The minimum Gasteiger partial charge on any atom is -0.496 e. The summed E-state index contributed by atoms with van der Waals surface area (Å²) in [7, 11) is 1.66. The van der Waals surface area contributed by atoms with Gasteiger partial charge in [0.2, 0.25) is 5.91 Å². The van der Waals surface area contributed by atoms with Crippen LogP contribution in [0.4, 0.5) is 0 Å². The van der Waals surface area contributed by atoms with Crippen molar-refractivity contribution in [1.82, 2.24) is 5.32 Å². The zero-order valence-corrected chi connectivity index (χ0v) is 11.5. The van der Waals surface area contributed by atoms with E-state index in [0.29, 0.717) is 6.54 Å². The number of carbonyl (C=O) groups excluding carboxylic acids is 1. The molecule has 1 saturated carbocycles. The van der Waals surface area contributed by atoms with Crippen molar-refractivity contribution in [3.8, 4) is 5.75 Å². The maximum Gasteiger partial charge on any atom is 0.228 e. The number of nitrogens with one attached hydrogen (secondary N) is 1. The summed E-state index contributed by atoms with van der Waals surface area (Å²) in [6.45, 7) is 2.52. The van der Waals surface area contributed by atoms with E-state index in [9.17, 15) is 9.90 Å². The van der Waals surface area contributed by atoms with Gasteiger partial charge >= 0.3 is 0 Å². The van der Waals surface area contributed by atoms with E-state index in [1.807, 2.05) is 12.1 Å². The van der Waals surface area contributed by atoms with Gasteiger partial charge in [0.05, 0.1) is 19.1 Å². The first kappa shape index (κ1) is 13.9. The second-order valence-electron chi connectivity index (χ2n) is 5.12. The van der Waals surface area contributed by atoms with Crippen molar-refractivity contribution in [2.45, 2.75) is 32.7 Å². The van der Waals surface area contributed by atoms with E-state index in [-0.39, 0.29) is 12.5 Å². The Kier molecular flexibility index (Phi) is 4.10. The lowest BCUT2D eigenvalue weighted by Gasteiger charge is -2.13. The summed E-state index contributed by atoms with van der Waals surface area (Å²) in [5.41, 5.74) is 1.69. The second kappa shape index (κ2) is 5.61. The molecule has 0 atom stereocenters. The maximum atomic E-state index is 11.9. The summed E-state index contributed by atoms with van der Waals surface area (Å²) in [6.07, 6.45) is 2.47. The van der Waals surface area contributed by atoms with Crippen molar-refractivity contribution < 1.29 is 14.6 Å². The molecule has 1 aromatic rings. The van der Waals surface area contributed by atoms with E-state index in [2.05, 4.69) is 18.3 Å². The molecule has 1 fully saturated rings. The van der Waals surface area contributed by atoms with Crippen LogP contribution in [0.15, 0.2) is 18.2 Å². The summed E-state index contributed by atoms with van der Waals surface area (Å²) < 4.78 is 5.28. The topological polar surface area (TPSA) is 58.6 Å². The molecule has 4 nitrogen and oxygen atoms in total. The van der Waals surface area contributed by atoms with Gasteiger partial charge in [0.1, 0.15) is 5.75 Å². The zero-order chi connectivity index (χ0) is 13.9. The van der Waals surface area contributed by atoms with E-state index in [0.717, 1.165) is 36.1 Å². The molecule has 0 aromatic heterocycles. The van der Waals surface area contributed by atoms with Crippen molar-refractivity contribution in [3.05, 3.63) is 29.3 Å². The SMILES string of the molecule is CCc1cc(CNC(=O)C2(CO)CC2)ccc1OC. The van der Waals surface area contributed by atoms with Gasteiger partial charge in [-0.1, -0.05) is 19.1 Å². The van der Waals surface area contributed by atoms with Gasteiger partial charge in [-0.05, 0) is 36.5 Å². The zero-order valence-electron chi connectivity index (χ0n) is 11.5. The highest BCUT2D eigenvalue weighted by Crippen LogP contribution is 2.45. The highest BCUT2D eigenvalue weighted by Gasteiger charge is 2.49. The van der Waals surface area contributed by atoms with Crippen molar-refractivity contribution in [1.29, 1.82) is 0 Å². The van der Waals surface area contributed by atoms with E-state index in [1.165, 1.54) is 0 Å². The van der Waals surface area contributed by atoms with E-state index in [1.54, 1.807) is 7.11 Å². The van der Waals surface area contributed by atoms with Crippen LogP contribution < -0.4 is 10.1 Å². The number of ether oxygens (including phenoxy) is 1. The maximum absolute atomic E-state index is 11.9. The van der Waals surface area contributed by atoms with Gasteiger partial charge in [0.15, 0.2) is 0 Å². The van der Waals surface area contributed by atoms with E-state index >= 15 is 0 Å². The Balaban J connectivity index is 1.98. The van der Waals surface area contributed by atoms with Gasteiger partial charge in [-0.15, -0.1) is 0 Å². The monoisotopic (exact) mass is 263 g/mol. The van der Waals surface area contributed by atoms with Gasteiger partial charge in [-0.25, -0.2) is 0 Å². The van der Waals surface area contributed by atoms with Crippen LogP contribution in [0.3, 0.4) is 0 Å². The molecule has 0 spiro atoms. The Morgan fingerprint density at radius 2 is 2.21 bits per heavy atom. The first-order valence-corrected chi connectivity index (χ1v) is 6.70. The number of aliphatic hydroxyl groups is 1. The fourth-order valence-corrected chi connectivity index (χ4v) is 2.20. The van der Waals surface area contributed by atoms with Gasteiger partial charge in [-0.2, -0.15) is 0 Å². The normalized spacial score (nSPS) is 15.9. The summed E-state index contributed by atoms with van der Waals surface area (Å²) in [6, 6.07) is 5.94. The first-order valence-electron chi connectivity index (χ1n) is 6.70. The average Bonchev–Trinajstić information content (AvgIpc) is 3.25. The molecule has 1 aromatic carbocycles. The number of aryl methyl sites for hydroxylation is 1. The Morgan fingerprint density at radius 3 is 2.74 bits per heavy atom. The molecule has 1 amide bonds. The molecule has 104 valence electrons. The summed E-state index contributed by atoms with van der Waals surface area (Å²) in [5, 5.41) is 12.1. The molecule has 0 bridgehead atoms. The van der Waals surface area contributed by atoms with Crippen LogP contribution in [0, 0.1) is 5.41 Å². The van der Waals surface area contributed by atoms with Crippen LogP contribution in [-0.2, 0) is 17.8 Å². The number of benzene rings is 1. The number of amides is 1. The Bertz CT molecular complexity index is 466. The number of hydrogen-bond acceptors (Lipinski definition) is 3. The second-order valence-corrected chi connectivity index (χ2v) is 5.12. The predicted octanol–water partition coefficient (Wildman–Crippen LogP) is 1.65. The number of carbonyl (C=O) groups is 1. The Labute approximate surface area is 113 Å². The lowest BCUT2D eigenvalue weighted by Crippen LogP contribution is -2.33. The molecule has 4 heteroatoms. The van der Waals surface area contributed by atoms with Crippen molar-refractivity contribution >= 4 is 5.91 Å².